The predicted molar refractivity (Wildman–Crippen MR) is 85.6 cm³/mol. The molecule has 1 saturated heterocycles. The molecule has 0 spiro atoms. The van der Waals surface area contributed by atoms with Crippen molar-refractivity contribution < 1.29 is 19.2 Å². The van der Waals surface area contributed by atoms with Crippen LogP contribution in [0.25, 0.3) is 10.9 Å². The van der Waals surface area contributed by atoms with Gasteiger partial charge in [0.2, 0.25) is 0 Å². The zero-order valence-electron chi connectivity index (χ0n) is 13.5. The molecule has 0 atom stereocenters. The van der Waals surface area contributed by atoms with Crippen LogP contribution < -0.4 is 5.46 Å². The van der Waals surface area contributed by atoms with E-state index in [2.05, 4.69) is 0 Å². The van der Waals surface area contributed by atoms with Gasteiger partial charge in [-0.05, 0) is 45.3 Å². The van der Waals surface area contributed by atoms with Crippen LogP contribution in [-0.2, 0) is 16.4 Å². The SMILES string of the molecule is Cn1c(C(=O)O)cc2ccc(B3OC(C)(C)C(C)(C)O3)cc21. The quantitative estimate of drug-likeness (QED) is 0.864. The van der Waals surface area contributed by atoms with Gasteiger partial charge in [0.25, 0.3) is 0 Å². The molecule has 0 saturated carbocycles. The second kappa shape index (κ2) is 4.60. The molecular formula is C16H20BNO4. The molecule has 0 aliphatic carbocycles. The van der Waals surface area contributed by atoms with Crippen LogP contribution in [0.2, 0.25) is 0 Å². The van der Waals surface area contributed by atoms with Crippen LogP contribution in [0.4, 0.5) is 0 Å². The number of carboxylic acids is 1. The molecule has 1 aliphatic rings. The first-order chi connectivity index (χ1) is 10.1. The molecule has 1 aromatic heterocycles. The summed E-state index contributed by atoms with van der Waals surface area (Å²) in [6.07, 6.45) is 0. The normalized spacial score (nSPS) is 19.8. The molecule has 1 N–H and O–H groups in total. The monoisotopic (exact) mass is 301 g/mol. The number of fused-ring (bicyclic) bond motifs is 1. The minimum Gasteiger partial charge on any atom is -0.477 e. The Morgan fingerprint density at radius 2 is 1.73 bits per heavy atom. The number of aromatic carboxylic acids is 1. The van der Waals surface area contributed by atoms with Crippen LogP contribution in [0.1, 0.15) is 38.2 Å². The number of carbonyl (C=O) groups is 1. The molecule has 2 heterocycles. The average molecular weight is 301 g/mol. The van der Waals surface area contributed by atoms with Gasteiger partial charge in [-0.1, -0.05) is 12.1 Å². The van der Waals surface area contributed by atoms with Crippen molar-refractivity contribution in [2.24, 2.45) is 7.05 Å². The van der Waals surface area contributed by atoms with E-state index >= 15 is 0 Å². The number of hydrogen-bond acceptors (Lipinski definition) is 3. The van der Waals surface area contributed by atoms with Crippen molar-refractivity contribution in [3.8, 4) is 0 Å². The van der Waals surface area contributed by atoms with E-state index in [9.17, 15) is 9.90 Å². The summed E-state index contributed by atoms with van der Waals surface area (Å²) in [6.45, 7) is 8.04. The number of hydrogen-bond donors (Lipinski definition) is 1. The van der Waals surface area contributed by atoms with Crippen molar-refractivity contribution in [3.63, 3.8) is 0 Å². The van der Waals surface area contributed by atoms with Gasteiger partial charge in [0, 0.05) is 18.0 Å². The Labute approximate surface area is 130 Å². The van der Waals surface area contributed by atoms with Crippen LogP contribution in [0.5, 0.6) is 0 Å². The van der Waals surface area contributed by atoms with E-state index in [0.29, 0.717) is 0 Å². The minimum atomic E-state index is -0.934. The third-order valence-electron chi connectivity index (χ3n) is 4.81. The number of aromatic nitrogens is 1. The van der Waals surface area contributed by atoms with Crippen LogP contribution in [0.3, 0.4) is 0 Å². The molecule has 0 bridgehead atoms. The molecule has 1 aromatic carbocycles. The second-order valence-corrected chi connectivity index (χ2v) is 6.80. The summed E-state index contributed by atoms with van der Waals surface area (Å²) in [5.74, 6) is -0.934. The smallest absolute Gasteiger partial charge is 0.477 e. The molecule has 116 valence electrons. The van der Waals surface area contributed by atoms with Gasteiger partial charge in [0.15, 0.2) is 0 Å². The molecule has 2 aromatic rings. The number of carboxylic acid groups (broad SMARTS) is 1. The third-order valence-corrected chi connectivity index (χ3v) is 4.81. The van der Waals surface area contributed by atoms with Crippen molar-refractivity contribution >= 4 is 29.5 Å². The van der Waals surface area contributed by atoms with Gasteiger partial charge in [0.1, 0.15) is 5.69 Å². The summed E-state index contributed by atoms with van der Waals surface area (Å²) in [4.78, 5) is 11.2. The first-order valence-electron chi connectivity index (χ1n) is 7.31. The van der Waals surface area contributed by atoms with Crippen LogP contribution in [-0.4, -0.2) is 34.0 Å². The first-order valence-corrected chi connectivity index (χ1v) is 7.31. The lowest BCUT2D eigenvalue weighted by atomic mass is 9.79. The summed E-state index contributed by atoms with van der Waals surface area (Å²) in [7, 11) is 1.30. The molecule has 5 nitrogen and oxygen atoms in total. The van der Waals surface area contributed by atoms with Crippen molar-refractivity contribution in [2.45, 2.75) is 38.9 Å². The number of rotatable bonds is 2. The van der Waals surface area contributed by atoms with Crippen LogP contribution in [0, 0.1) is 0 Å². The predicted octanol–water partition coefficient (Wildman–Crippen LogP) is 2.18. The van der Waals surface area contributed by atoms with E-state index in [-0.39, 0.29) is 5.69 Å². The first kappa shape index (κ1) is 15.1. The lowest BCUT2D eigenvalue weighted by molar-refractivity contribution is 0.00578. The summed E-state index contributed by atoms with van der Waals surface area (Å²) in [6, 6.07) is 7.44. The molecule has 6 heteroatoms. The Hall–Kier alpha value is -1.79. The highest BCUT2D eigenvalue weighted by Crippen LogP contribution is 2.36. The zero-order chi connectivity index (χ0) is 16.3. The van der Waals surface area contributed by atoms with Gasteiger partial charge in [-0.2, -0.15) is 0 Å². The summed E-state index contributed by atoms with van der Waals surface area (Å²) in [5, 5.41) is 10.1. The molecule has 1 aliphatic heterocycles. The van der Waals surface area contributed by atoms with Gasteiger partial charge in [0.05, 0.1) is 11.2 Å². The maximum Gasteiger partial charge on any atom is 0.494 e. The Kier molecular flexibility index (Phi) is 3.16. The zero-order valence-corrected chi connectivity index (χ0v) is 13.5. The summed E-state index contributed by atoms with van der Waals surface area (Å²) < 4.78 is 13.8. The van der Waals surface area contributed by atoms with Gasteiger partial charge < -0.3 is 19.0 Å². The number of benzene rings is 1. The van der Waals surface area contributed by atoms with Crippen molar-refractivity contribution in [1.82, 2.24) is 4.57 Å². The van der Waals surface area contributed by atoms with Crippen molar-refractivity contribution in [3.05, 3.63) is 30.0 Å². The molecular weight excluding hydrogens is 281 g/mol. The Morgan fingerprint density at radius 1 is 1.14 bits per heavy atom. The highest BCUT2D eigenvalue weighted by Gasteiger charge is 2.51. The minimum absolute atomic E-state index is 0.265. The van der Waals surface area contributed by atoms with Crippen molar-refractivity contribution in [2.75, 3.05) is 0 Å². The number of aryl methyl sites for hydroxylation is 1. The lowest BCUT2D eigenvalue weighted by Crippen LogP contribution is -2.41. The fraction of sp³-hybridized carbons (Fsp3) is 0.438. The Bertz CT molecular complexity index is 747. The van der Waals surface area contributed by atoms with E-state index in [1.165, 1.54) is 0 Å². The van der Waals surface area contributed by atoms with Gasteiger partial charge in [-0.25, -0.2) is 4.79 Å². The highest BCUT2D eigenvalue weighted by molar-refractivity contribution is 6.62. The summed E-state index contributed by atoms with van der Waals surface area (Å²) >= 11 is 0. The van der Waals surface area contributed by atoms with Gasteiger partial charge in [-0.3, -0.25) is 0 Å². The van der Waals surface area contributed by atoms with E-state index in [4.69, 9.17) is 9.31 Å². The maximum atomic E-state index is 11.2. The standard InChI is InChI=1S/C16H20BNO4/c1-15(2)16(3,4)22-17(21-15)11-7-6-10-8-13(14(19)20)18(5)12(10)9-11/h6-9H,1-5H3,(H,19,20). The fourth-order valence-electron chi connectivity index (χ4n) is 2.68. The highest BCUT2D eigenvalue weighted by atomic mass is 16.7. The third kappa shape index (κ3) is 2.14. The average Bonchev–Trinajstić information content (AvgIpc) is 2.84. The van der Waals surface area contributed by atoms with Gasteiger partial charge >= 0.3 is 13.1 Å². The summed E-state index contributed by atoms with van der Waals surface area (Å²) in [5.41, 5.74) is 1.22. The molecule has 22 heavy (non-hydrogen) atoms. The van der Waals surface area contributed by atoms with E-state index in [0.717, 1.165) is 16.4 Å². The second-order valence-electron chi connectivity index (χ2n) is 6.80. The van der Waals surface area contributed by atoms with Crippen LogP contribution >= 0.6 is 0 Å². The van der Waals surface area contributed by atoms with E-state index in [1.807, 2.05) is 45.9 Å². The number of nitrogens with zero attached hydrogens (tertiary/aromatic N) is 1. The fourth-order valence-corrected chi connectivity index (χ4v) is 2.68. The molecule has 0 amide bonds. The maximum absolute atomic E-state index is 11.2. The van der Waals surface area contributed by atoms with E-state index < -0.39 is 24.3 Å². The molecule has 0 radical (unpaired) electrons. The topological polar surface area (TPSA) is 60.7 Å². The van der Waals surface area contributed by atoms with Gasteiger partial charge in [-0.15, -0.1) is 0 Å². The molecule has 1 fully saturated rings. The van der Waals surface area contributed by atoms with E-state index in [1.54, 1.807) is 17.7 Å². The molecule has 0 unspecified atom stereocenters. The Morgan fingerprint density at radius 3 is 2.27 bits per heavy atom. The van der Waals surface area contributed by atoms with Crippen molar-refractivity contribution in [1.29, 1.82) is 0 Å². The van der Waals surface area contributed by atoms with Crippen LogP contribution in [0.15, 0.2) is 24.3 Å². The Balaban J connectivity index is 2.03. The largest absolute Gasteiger partial charge is 0.494 e. The molecule has 3 rings (SSSR count). The lowest BCUT2D eigenvalue weighted by Gasteiger charge is -2.32.